The van der Waals surface area contributed by atoms with Crippen molar-refractivity contribution in [1.82, 2.24) is 4.90 Å². The molecule has 0 aliphatic carbocycles. The summed E-state index contributed by atoms with van der Waals surface area (Å²) in [7, 11) is 1.89. The number of hydrogen-bond acceptors (Lipinski definition) is 1. The second-order valence-electron chi connectivity index (χ2n) is 4.57. The third kappa shape index (κ3) is 9.20. The predicted octanol–water partition coefficient (Wildman–Crippen LogP) is 3.98. The first-order chi connectivity index (χ1) is 7.57. The summed E-state index contributed by atoms with van der Waals surface area (Å²) >= 11 is 3.46. The molecule has 0 spiro atoms. The lowest BCUT2D eigenvalue weighted by Crippen LogP contribution is -2.30. The van der Waals surface area contributed by atoms with Gasteiger partial charge in [-0.05, 0) is 6.42 Å². The Morgan fingerprint density at radius 1 is 1.19 bits per heavy atom. The number of unbranched alkanes of at least 4 members (excludes halogenated alkanes) is 5. The second-order valence-corrected chi connectivity index (χ2v) is 6.14. The normalized spacial score (nSPS) is 12.5. The van der Waals surface area contributed by atoms with Gasteiger partial charge in [-0.15, -0.1) is 0 Å². The van der Waals surface area contributed by atoms with Crippen LogP contribution >= 0.6 is 15.9 Å². The van der Waals surface area contributed by atoms with E-state index >= 15 is 0 Å². The molecule has 0 bridgehead atoms. The van der Waals surface area contributed by atoms with E-state index in [1.165, 1.54) is 32.1 Å². The molecule has 16 heavy (non-hydrogen) atoms. The van der Waals surface area contributed by atoms with Crippen molar-refractivity contribution < 1.29 is 4.79 Å². The van der Waals surface area contributed by atoms with E-state index in [1.807, 2.05) is 11.9 Å². The van der Waals surface area contributed by atoms with Gasteiger partial charge < -0.3 is 4.90 Å². The fourth-order valence-corrected chi connectivity index (χ4v) is 2.16. The van der Waals surface area contributed by atoms with Crippen LogP contribution in [0.4, 0.5) is 0 Å². The molecule has 1 unspecified atom stereocenters. The largest absolute Gasteiger partial charge is 0.345 e. The summed E-state index contributed by atoms with van der Waals surface area (Å²) in [6.07, 6.45) is 8.16. The Hall–Kier alpha value is -0.0500. The van der Waals surface area contributed by atoms with Gasteiger partial charge in [0.25, 0.3) is 0 Å². The summed E-state index contributed by atoms with van der Waals surface area (Å²) in [5.74, 6) is 0.279. The minimum Gasteiger partial charge on any atom is -0.345 e. The summed E-state index contributed by atoms with van der Waals surface area (Å²) in [5, 5.41) is 0. The predicted molar refractivity (Wildman–Crippen MR) is 74.0 cm³/mol. The van der Waals surface area contributed by atoms with Gasteiger partial charge in [0, 0.05) is 24.8 Å². The van der Waals surface area contributed by atoms with E-state index in [0.29, 0.717) is 11.2 Å². The Morgan fingerprint density at radius 3 is 2.31 bits per heavy atom. The van der Waals surface area contributed by atoms with Crippen LogP contribution in [-0.2, 0) is 4.79 Å². The van der Waals surface area contributed by atoms with Crippen LogP contribution in [0.5, 0.6) is 0 Å². The molecule has 0 aromatic heterocycles. The zero-order valence-electron chi connectivity index (χ0n) is 11.0. The highest BCUT2D eigenvalue weighted by atomic mass is 79.9. The molecule has 0 aromatic rings. The van der Waals surface area contributed by atoms with Crippen LogP contribution in [0.2, 0.25) is 0 Å². The average molecular weight is 292 g/mol. The van der Waals surface area contributed by atoms with Crippen molar-refractivity contribution in [1.29, 1.82) is 0 Å². The van der Waals surface area contributed by atoms with Crippen LogP contribution in [0.1, 0.15) is 58.8 Å². The lowest BCUT2D eigenvalue weighted by Gasteiger charge is -2.18. The third-order valence-corrected chi connectivity index (χ3v) is 2.98. The quantitative estimate of drug-likeness (QED) is 0.465. The maximum atomic E-state index is 11.7. The summed E-state index contributed by atoms with van der Waals surface area (Å²) in [6, 6.07) is 0. The molecule has 0 heterocycles. The first-order valence-corrected chi connectivity index (χ1v) is 7.37. The smallest absolute Gasteiger partial charge is 0.222 e. The summed E-state index contributed by atoms with van der Waals surface area (Å²) < 4.78 is 0. The second kappa shape index (κ2) is 10.1. The minimum atomic E-state index is 0.279. The number of halogens is 1. The standard InChI is InChI=1S/C13H26BrNO/c1-4-5-6-7-8-9-10-13(16)15(3)11-12(2)14/h12H,4-11H2,1-3H3. The molecule has 0 rings (SSSR count). The number of nitrogens with zero attached hydrogens (tertiary/aromatic N) is 1. The molecule has 0 radical (unpaired) electrons. The number of rotatable bonds is 9. The van der Waals surface area contributed by atoms with Crippen molar-refractivity contribution in [2.45, 2.75) is 63.6 Å². The molecular formula is C13H26BrNO. The van der Waals surface area contributed by atoms with E-state index < -0.39 is 0 Å². The van der Waals surface area contributed by atoms with Gasteiger partial charge in [-0.2, -0.15) is 0 Å². The number of hydrogen-bond donors (Lipinski definition) is 0. The lowest BCUT2D eigenvalue weighted by molar-refractivity contribution is -0.129. The van der Waals surface area contributed by atoms with Crippen molar-refractivity contribution >= 4 is 21.8 Å². The summed E-state index contributed by atoms with van der Waals surface area (Å²) in [4.78, 5) is 13.9. The topological polar surface area (TPSA) is 20.3 Å². The Bertz CT molecular complexity index is 183. The molecule has 1 atom stereocenters. The molecule has 1 amide bonds. The van der Waals surface area contributed by atoms with E-state index in [2.05, 4.69) is 29.8 Å². The van der Waals surface area contributed by atoms with Gasteiger partial charge in [-0.3, -0.25) is 4.79 Å². The van der Waals surface area contributed by atoms with E-state index in [0.717, 1.165) is 13.0 Å². The fourth-order valence-electron chi connectivity index (χ4n) is 1.73. The van der Waals surface area contributed by atoms with Crippen molar-refractivity contribution in [3.8, 4) is 0 Å². The van der Waals surface area contributed by atoms with Gasteiger partial charge in [0.1, 0.15) is 0 Å². The van der Waals surface area contributed by atoms with Crippen LogP contribution in [0, 0.1) is 0 Å². The molecule has 0 aliphatic rings. The fraction of sp³-hybridized carbons (Fsp3) is 0.923. The van der Waals surface area contributed by atoms with Gasteiger partial charge in [0.15, 0.2) is 0 Å². The van der Waals surface area contributed by atoms with Gasteiger partial charge in [0.05, 0.1) is 0 Å². The first kappa shape index (κ1) is 16.0. The molecular weight excluding hydrogens is 266 g/mol. The van der Waals surface area contributed by atoms with Crippen LogP contribution < -0.4 is 0 Å². The van der Waals surface area contributed by atoms with Crippen LogP contribution in [0.15, 0.2) is 0 Å². The monoisotopic (exact) mass is 291 g/mol. The minimum absolute atomic E-state index is 0.279. The molecule has 3 heteroatoms. The van der Waals surface area contributed by atoms with E-state index in [4.69, 9.17) is 0 Å². The number of carbonyl (C=O) groups is 1. The number of alkyl halides is 1. The Morgan fingerprint density at radius 2 is 1.75 bits per heavy atom. The van der Waals surface area contributed by atoms with E-state index in [1.54, 1.807) is 0 Å². The number of amides is 1. The molecule has 0 aliphatic heterocycles. The molecule has 0 fully saturated rings. The highest BCUT2D eigenvalue weighted by Crippen LogP contribution is 2.08. The highest BCUT2D eigenvalue weighted by molar-refractivity contribution is 9.09. The average Bonchev–Trinajstić information content (AvgIpc) is 2.21. The Labute approximate surface area is 109 Å². The van der Waals surface area contributed by atoms with Crippen molar-refractivity contribution in [3.05, 3.63) is 0 Å². The van der Waals surface area contributed by atoms with Crippen LogP contribution in [0.3, 0.4) is 0 Å². The first-order valence-electron chi connectivity index (χ1n) is 6.46. The molecule has 0 N–H and O–H groups in total. The van der Waals surface area contributed by atoms with E-state index in [9.17, 15) is 4.79 Å². The Balaban J connectivity index is 3.42. The molecule has 96 valence electrons. The maximum Gasteiger partial charge on any atom is 0.222 e. The van der Waals surface area contributed by atoms with Gasteiger partial charge in [-0.25, -0.2) is 0 Å². The van der Waals surface area contributed by atoms with Gasteiger partial charge in [0.2, 0.25) is 5.91 Å². The van der Waals surface area contributed by atoms with E-state index in [-0.39, 0.29) is 5.91 Å². The molecule has 2 nitrogen and oxygen atoms in total. The lowest BCUT2D eigenvalue weighted by atomic mass is 10.1. The SMILES string of the molecule is CCCCCCCCC(=O)N(C)CC(C)Br. The van der Waals surface area contributed by atoms with Gasteiger partial charge in [-0.1, -0.05) is 61.9 Å². The third-order valence-electron chi connectivity index (χ3n) is 2.70. The summed E-state index contributed by atoms with van der Waals surface area (Å²) in [5.41, 5.74) is 0. The molecule has 0 saturated heterocycles. The highest BCUT2D eigenvalue weighted by Gasteiger charge is 2.09. The van der Waals surface area contributed by atoms with Crippen LogP contribution in [-0.4, -0.2) is 29.2 Å². The van der Waals surface area contributed by atoms with Crippen LogP contribution in [0.25, 0.3) is 0 Å². The zero-order chi connectivity index (χ0) is 12.4. The zero-order valence-corrected chi connectivity index (χ0v) is 12.6. The van der Waals surface area contributed by atoms with Gasteiger partial charge >= 0.3 is 0 Å². The summed E-state index contributed by atoms with van der Waals surface area (Å²) in [6.45, 7) is 5.09. The Kier molecular flexibility index (Phi) is 10.1. The van der Waals surface area contributed by atoms with Crippen molar-refractivity contribution in [2.24, 2.45) is 0 Å². The molecule has 0 saturated carbocycles. The molecule has 0 aromatic carbocycles. The number of carbonyl (C=O) groups excluding carboxylic acids is 1. The maximum absolute atomic E-state index is 11.7. The van der Waals surface area contributed by atoms with Crippen molar-refractivity contribution in [3.63, 3.8) is 0 Å². The van der Waals surface area contributed by atoms with Crippen molar-refractivity contribution in [2.75, 3.05) is 13.6 Å².